The first-order chi connectivity index (χ1) is 9.31. The smallest absolute Gasteiger partial charge is 0.342 e. The first-order valence-corrected chi connectivity index (χ1v) is 6.38. The van der Waals surface area contributed by atoms with Gasteiger partial charge in [0.25, 0.3) is 0 Å². The number of hydrogen-bond donors (Lipinski definition) is 0. The van der Waals surface area contributed by atoms with Crippen molar-refractivity contribution in [1.29, 1.82) is 0 Å². The number of pyridine rings is 1. The molecule has 0 radical (unpaired) electrons. The maximum Gasteiger partial charge on any atom is 0.342 e. The van der Waals surface area contributed by atoms with Crippen LogP contribution in [0.2, 0.25) is 0 Å². The van der Waals surface area contributed by atoms with Crippen molar-refractivity contribution >= 4 is 15.9 Å². The zero-order chi connectivity index (χ0) is 13.1. The molecule has 3 rings (SSSR count). The van der Waals surface area contributed by atoms with E-state index in [1.165, 1.54) is 0 Å². The topological polar surface area (TPSA) is 52.8 Å². The summed E-state index contributed by atoms with van der Waals surface area (Å²) >= 11 is 3.28. The number of ether oxygens (including phenoxy) is 1. The molecular formula is C13H9BrN4O. The van der Waals surface area contributed by atoms with Gasteiger partial charge in [0.15, 0.2) is 0 Å². The van der Waals surface area contributed by atoms with Crippen LogP contribution in [0.1, 0.15) is 0 Å². The molecule has 19 heavy (non-hydrogen) atoms. The SMILES string of the molecule is Brc1cccc(Oc2ncn(-c3ccccc3)n2)n1. The largest absolute Gasteiger partial charge is 0.404 e. The Bertz CT molecular complexity index is 684. The van der Waals surface area contributed by atoms with Crippen LogP contribution in [0.4, 0.5) is 0 Å². The fourth-order valence-electron chi connectivity index (χ4n) is 1.54. The number of rotatable bonds is 3. The third-order valence-corrected chi connectivity index (χ3v) is 2.82. The molecule has 2 heterocycles. The second-order valence-electron chi connectivity index (χ2n) is 3.71. The Morgan fingerprint density at radius 1 is 1.00 bits per heavy atom. The minimum absolute atomic E-state index is 0.259. The Balaban J connectivity index is 1.82. The maximum absolute atomic E-state index is 5.48. The van der Waals surface area contributed by atoms with E-state index < -0.39 is 0 Å². The lowest BCUT2D eigenvalue weighted by Gasteiger charge is -2.00. The summed E-state index contributed by atoms with van der Waals surface area (Å²) in [6.45, 7) is 0. The highest BCUT2D eigenvalue weighted by molar-refractivity contribution is 9.10. The van der Waals surface area contributed by atoms with Crippen molar-refractivity contribution in [2.75, 3.05) is 0 Å². The third kappa shape index (κ3) is 2.79. The number of benzene rings is 1. The lowest BCUT2D eigenvalue weighted by Crippen LogP contribution is -1.95. The zero-order valence-electron chi connectivity index (χ0n) is 9.77. The number of halogens is 1. The average molecular weight is 317 g/mol. The van der Waals surface area contributed by atoms with Gasteiger partial charge >= 0.3 is 6.01 Å². The van der Waals surface area contributed by atoms with E-state index in [1.807, 2.05) is 42.5 Å². The van der Waals surface area contributed by atoms with Crippen molar-refractivity contribution in [1.82, 2.24) is 19.7 Å². The standard InChI is InChI=1S/C13H9BrN4O/c14-11-7-4-8-12(16-11)19-13-15-9-18(17-13)10-5-2-1-3-6-10/h1-9H. The number of para-hydroxylation sites is 1. The molecule has 0 saturated carbocycles. The summed E-state index contributed by atoms with van der Waals surface area (Å²) in [5.74, 6) is 0.445. The van der Waals surface area contributed by atoms with Crippen molar-refractivity contribution < 1.29 is 4.74 Å². The van der Waals surface area contributed by atoms with Crippen LogP contribution in [0.3, 0.4) is 0 Å². The predicted molar refractivity (Wildman–Crippen MR) is 73.4 cm³/mol. The molecule has 0 spiro atoms. The summed E-state index contributed by atoms with van der Waals surface area (Å²) in [6.07, 6.45) is 1.60. The molecule has 0 N–H and O–H groups in total. The Morgan fingerprint density at radius 3 is 2.63 bits per heavy atom. The summed E-state index contributed by atoms with van der Waals surface area (Å²) in [4.78, 5) is 8.25. The van der Waals surface area contributed by atoms with Crippen LogP contribution in [0.25, 0.3) is 5.69 Å². The highest BCUT2D eigenvalue weighted by Gasteiger charge is 2.05. The van der Waals surface area contributed by atoms with Crippen LogP contribution in [0, 0.1) is 0 Å². The minimum atomic E-state index is 0.259. The summed E-state index contributed by atoms with van der Waals surface area (Å²) in [5, 5.41) is 4.23. The zero-order valence-corrected chi connectivity index (χ0v) is 11.4. The monoisotopic (exact) mass is 316 g/mol. The van der Waals surface area contributed by atoms with Gasteiger partial charge in [0.2, 0.25) is 5.88 Å². The van der Waals surface area contributed by atoms with Crippen molar-refractivity contribution in [3.8, 4) is 17.6 Å². The molecule has 0 aliphatic carbocycles. The van der Waals surface area contributed by atoms with Gasteiger partial charge in [-0.2, -0.15) is 4.98 Å². The lowest BCUT2D eigenvalue weighted by atomic mass is 10.3. The van der Waals surface area contributed by atoms with Gasteiger partial charge < -0.3 is 4.74 Å². The van der Waals surface area contributed by atoms with Gasteiger partial charge in [-0.3, -0.25) is 0 Å². The summed E-state index contributed by atoms with van der Waals surface area (Å²) in [7, 11) is 0. The number of aromatic nitrogens is 4. The quantitative estimate of drug-likeness (QED) is 0.696. The molecule has 6 heteroatoms. The van der Waals surface area contributed by atoms with Crippen molar-refractivity contribution in [3.05, 3.63) is 59.5 Å². The molecule has 0 bridgehead atoms. The molecule has 0 unspecified atom stereocenters. The molecule has 0 atom stereocenters. The van der Waals surface area contributed by atoms with Crippen LogP contribution in [-0.4, -0.2) is 19.7 Å². The molecule has 3 aromatic rings. The van der Waals surface area contributed by atoms with Gasteiger partial charge in [0.1, 0.15) is 10.9 Å². The normalized spacial score (nSPS) is 10.4. The third-order valence-electron chi connectivity index (χ3n) is 2.38. The number of hydrogen-bond acceptors (Lipinski definition) is 4. The first kappa shape index (κ1) is 11.9. The van der Waals surface area contributed by atoms with E-state index in [9.17, 15) is 0 Å². The molecule has 0 aliphatic rings. The van der Waals surface area contributed by atoms with Crippen LogP contribution in [-0.2, 0) is 0 Å². The van der Waals surface area contributed by atoms with Crippen LogP contribution >= 0.6 is 15.9 Å². The van der Waals surface area contributed by atoms with E-state index in [2.05, 4.69) is 31.0 Å². The summed E-state index contributed by atoms with van der Waals surface area (Å²) in [6, 6.07) is 15.4. The Kier molecular flexibility index (Phi) is 3.24. The molecule has 2 aromatic heterocycles. The first-order valence-electron chi connectivity index (χ1n) is 5.59. The van der Waals surface area contributed by atoms with Gasteiger partial charge in [-0.05, 0) is 34.1 Å². The maximum atomic E-state index is 5.48. The van der Waals surface area contributed by atoms with Gasteiger partial charge in [0, 0.05) is 6.07 Å². The average Bonchev–Trinajstić information content (AvgIpc) is 2.88. The highest BCUT2D eigenvalue weighted by atomic mass is 79.9. The lowest BCUT2D eigenvalue weighted by molar-refractivity contribution is 0.424. The van der Waals surface area contributed by atoms with Crippen LogP contribution in [0.5, 0.6) is 11.9 Å². The van der Waals surface area contributed by atoms with E-state index in [1.54, 1.807) is 17.1 Å². The predicted octanol–water partition coefficient (Wildman–Crippen LogP) is 3.22. The molecule has 0 fully saturated rings. The van der Waals surface area contributed by atoms with Crippen molar-refractivity contribution in [3.63, 3.8) is 0 Å². The van der Waals surface area contributed by atoms with Gasteiger partial charge in [-0.1, -0.05) is 24.3 Å². The van der Waals surface area contributed by atoms with Crippen LogP contribution < -0.4 is 4.74 Å². The van der Waals surface area contributed by atoms with Crippen LogP contribution in [0.15, 0.2) is 59.5 Å². The van der Waals surface area contributed by atoms with E-state index in [-0.39, 0.29) is 6.01 Å². The fourth-order valence-corrected chi connectivity index (χ4v) is 1.87. The summed E-state index contributed by atoms with van der Waals surface area (Å²) < 4.78 is 7.82. The fraction of sp³-hybridized carbons (Fsp3) is 0. The molecule has 5 nitrogen and oxygen atoms in total. The van der Waals surface area contributed by atoms with Gasteiger partial charge in [-0.25, -0.2) is 9.67 Å². The Hall–Kier alpha value is -2.21. The molecule has 94 valence electrons. The van der Waals surface area contributed by atoms with E-state index >= 15 is 0 Å². The Morgan fingerprint density at radius 2 is 1.84 bits per heavy atom. The molecular weight excluding hydrogens is 308 g/mol. The Labute approximate surface area is 118 Å². The highest BCUT2D eigenvalue weighted by Crippen LogP contribution is 2.18. The molecule has 0 amide bonds. The molecule has 1 aromatic carbocycles. The molecule has 0 aliphatic heterocycles. The number of nitrogens with zero attached hydrogens (tertiary/aromatic N) is 4. The van der Waals surface area contributed by atoms with E-state index in [4.69, 9.17) is 4.74 Å². The van der Waals surface area contributed by atoms with Gasteiger partial charge in [-0.15, -0.1) is 5.10 Å². The second kappa shape index (κ2) is 5.19. The molecule has 0 saturated heterocycles. The minimum Gasteiger partial charge on any atom is -0.404 e. The van der Waals surface area contributed by atoms with Crippen molar-refractivity contribution in [2.45, 2.75) is 0 Å². The van der Waals surface area contributed by atoms with E-state index in [0.717, 1.165) is 5.69 Å². The van der Waals surface area contributed by atoms with Crippen molar-refractivity contribution in [2.24, 2.45) is 0 Å². The van der Waals surface area contributed by atoms with Gasteiger partial charge in [0.05, 0.1) is 5.69 Å². The second-order valence-corrected chi connectivity index (χ2v) is 4.52. The van der Waals surface area contributed by atoms with E-state index in [0.29, 0.717) is 10.5 Å². The summed E-state index contributed by atoms with van der Waals surface area (Å²) in [5.41, 5.74) is 0.923.